The highest BCUT2D eigenvalue weighted by atomic mass is 16.4. The van der Waals surface area contributed by atoms with E-state index in [9.17, 15) is 19.5 Å². The molecule has 2 rings (SSSR count). The Balaban J connectivity index is 2.01. The summed E-state index contributed by atoms with van der Waals surface area (Å²) in [4.78, 5) is 34.2. The summed E-state index contributed by atoms with van der Waals surface area (Å²) in [7, 11) is 0. The van der Waals surface area contributed by atoms with Crippen molar-refractivity contribution in [3.8, 4) is 0 Å². The normalized spacial score (nSPS) is 15.6. The van der Waals surface area contributed by atoms with E-state index in [1.807, 2.05) is 6.07 Å². The van der Waals surface area contributed by atoms with Gasteiger partial charge in [0.05, 0.1) is 0 Å². The van der Waals surface area contributed by atoms with Crippen molar-refractivity contribution in [2.75, 3.05) is 0 Å². The number of carboxylic acids is 1. The second-order valence-corrected chi connectivity index (χ2v) is 4.65. The predicted octanol–water partition coefficient (Wildman–Crippen LogP) is 0.0645. The number of carbonyl (C=O) groups is 3. The molecule has 110 valence electrons. The topological polar surface area (TPSA) is 108 Å². The molecule has 0 spiro atoms. The molecule has 0 saturated carbocycles. The van der Waals surface area contributed by atoms with E-state index in [4.69, 9.17) is 0 Å². The van der Waals surface area contributed by atoms with Crippen LogP contribution in [0.2, 0.25) is 0 Å². The number of aliphatic carboxylic acids is 1. The first-order chi connectivity index (χ1) is 10.1. The molecule has 0 bridgehead atoms. The summed E-state index contributed by atoms with van der Waals surface area (Å²) in [5.41, 5.74) is 3.15. The van der Waals surface area contributed by atoms with Gasteiger partial charge >= 0.3 is 5.97 Å². The third-order valence-corrected chi connectivity index (χ3v) is 3.05. The predicted molar refractivity (Wildman–Crippen MR) is 74.5 cm³/mol. The number of hydrogen-bond acceptors (Lipinski definition) is 4. The Morgan fingerprint density at radius 3 is 2.57 bits per heavy atom. The van der Waals surface area contributed by atoms with Crippen molar-refractivity contribution in [2.24, 2.45) is 5.10 Å². The van der Waals surface area contributed by atoms with Crippen LogP contribution in [0.5, 0.6) is 0 Å². The van der Waals surface area contributed by atoms with Gasteiger partial charge in [-0.2, -0.15) is 5.10 Å². The zero-order chi connectivity index (χ0) is 15.2. The zero-order valence-corrected chi connectivity index (χ0v) is 11.2. The van der Waals surface area contributed by atoms with Gasteiger partial charge < -0.3 is 10.4 Å². The number of hydrogen-bond donors (Lipinski definition) is 3. The van der Waals surface area contributed by atoms with Crippen LogP contribution in [0.3, 0.4) is 0 Å². The van der Waals surface area contributed by atoms with Crippen molar-refractivity contribution in [3.05, 3.63) is 35.9 Å². The first-order valence-corrected chi connectivity index (χ1v) is 6.49. The van der Waals surface area contributed by atoms with Gasteiger partial charge in [0.1, 0.15) is 11.8 Å². The van der Waals surface area contributed by atoms with Crippen LogP contribution in [0.15, 0.2) is 35.4 Å². The first-order valence-electron chi connectivity index (χ1n) is 6.49. The average Bonchev–Trinajstić information content (AvgIpc) is 2.48. The lowest BCUT2D eigenvalue weighted by Gasteiger charge is -2.17. The molecule has 1 heterocycles. The van der Waals surface area contributed by atoms with Crippen LogP contribution < -0.4 is 10.7 Å². The lowest BCUT2D eigenvalue weighted by Crippen LogP contribution is -2.46. The number of carbonyl (C=O) groups excluding carboxylic acids is 2. The van der Waals surface area contributed by atoms with Crippen LogP contribution >= 0.6 is 0 Å². The Hall–Kier alpha value is -2.70. The summed E-state index contributed by atoms with van der Waals surface area (Å²) in [6.07, 6.45) is 0.555. The molecule has 1 atom stereocenters. The van der Waals surface area contributed by atoms with Crippen molar-refractivity contribution in [1.82, 2.24) is 10.7 Å². The van der Waals surface area contributed by atoms with Crippen molar-refractivity contribution in [2.45, 2.75) is 25.3 Å². The van der Waals surface area contributed by atoms with Crippen molar-refractivity contribution < 1.29 is 19.5 Å². The Bertz CT molecular complexity index is 583. The molecule has 1 aliphatic rings. The van der Waals surface area contributed by atoms with Crippen molar-refractivity contribution in [1.29, 1.82) is 0 Å². The Labute approximate surface area is 121 Å². The molecule has 0 radical (unpaired) electrons. The van der Waals surface area contributed by atoms with Gasteiger partial charge in [0, 0.05) is 19.3 Å². The van der Waals surface area contributed by atoms with Crippen LogP contribution in [0.25, 0.3) is 0 Å². The van der Waals surface area contributed by atoms with Crippen LogP contribution in [0.4, 0.5) is 0 Å². The van der Waals surface area contributed by atoms with Crippen LogP contribution in [0, 0.1) is 0 Å². The minimum Gasteiger partial charge on any atom is -0.480 e. The molecule has 0 aliphatic carbocycles. The molecule has 3 N–H and O–H groups in total. The van der Waals surface area contributed by atoms with Gasteiger partial charge in [-0.1, -0.05) is 30.3 Å². The lowest BCUT2D eigenvalue weighted by molar-refractivity contribution is -0.141. The standard InChI is InChI=1S/C14H15N3O4/c18-12-7-6-10(16-17-12)13(19)15-11(14(20)21)8-9-4-2-1-3-5-9/h1-5,11H,6-8H2,(H,15,19)(H,17,18)(H,20,21)/t11-/m0/s1. The minimum atomic E-state index is -1.12. The van der Waals surface area contributed by atoms with Crippen LogP contribution in [-0.4, -0.2) is 34.6 Å². The Kier molecular flexibility index (Phi) is 4.65. The second-order valence-electron chi connectivity index (χ2n) is 4.65. The van der Waals surface area contributed by atoms with E-state index in [1.165, 1.54) is 0 Å². The summed E-state index contributed by atoms with van der Waals surface area (Å²) in [6, 6.07) is 7.98. The summed E-state index contributed by atoms with van der Waals surface area (Å²) < 4.78 is 0. The fourth-order valence-electron chi connectivity index (χ4n) is 1.93. The minimum absolute atomic E-state index is 0.133. The second kappa shape index (κ2) is 6.65. The maximum absolute atomic E-state index is 12.0. The summed E-state index contributed by atoms with van der Waals surface area (Å²) in [6.45, 7) is 0. The molecular formula is C14H15N3O4. The molecule has 7 heteroatoms. The number of amides is 2. The number of benzene rings is 1. The quantitative estimate of drug-likeness (QED) is 0.712. The van der Waals surface area contributed by atoms with E-state index >= 15 is 0 Å². The maximum Gasteiger partial charge on any atom is 0.326 e. The summed E-state index contributed by atoms with van der Waals surface area (Å²) >= 11 is 0. The van der Waals surface area contributed by atoms with Crippen molar-refractivity contribution >= 4 is 23.5 Å². The van der Waals surface area contributed by atoms with Gasteiger partial charge in [0.15, 0.2) is 0 Å². The summed E-state index contributed by atoms with van der Waals surface area (Å²) in [5.74, 6) is -1.95. The number of nitrogens with zero attached hydrogens (tertiary/aromatic N) is 1. The van der Waals surface area contributed by atoms with E-state index in [1.54, 1.807) is 24.3 Å². The number of hydrazone groups is 1. The highest BCUT2D eigenvalue weighted by Gasteiger charge is 2.24. The van der Waals surface area contributed by atoms with E-state index in [0.717, 1.165) is 5.56 Å². The maximum atomic E-state index is 12.0. The molecule has 1 aromatic rings. The first kappa shape index (κ1) is 14.7. The molecular weight excluding hydrogens is 274 g/mol. The monoisotopic (exact) mass is 289 g/mol. The van der Waals surface area contributed by atoms with E-state index in [-0.39, 0.29) is 30.9 Å². The Morgan fingerprint density at radius 1 is 1.29 bits per heavy atom. The SMILES string of the molecule is O=C1CCC(C(=O)N[C@@H](Cc2ccccc2)C(=O)O)=NN1. The van der Waals surface area contributed by atoms with Gasteiger partial charge in [0.2, 0.25) is 5.91 Å². The molecule has 1 aliphatic heterocycles. The largest absolute Gasteiger partial charge is 0.480 e. The molecule has 1 aromatic carbocycles. The van der Waals surface area contributed by atoms with E-state index in [0.29, 0.717) is 0 Å². The summed E-state index contributed by atoms with van der Waals surface area (Å²) in [5, 5.41) is 15.3. The van der Waals surface area contributed by atoms with Gasteiger partial charge in [-0.25, -0.2) is 10.2 Å². The van der Waals surface area contributed by atoms with E-state index in [2.05, 4.69) is 15.8 Å². The highest BCUT2D eigenvalue weighted by molar-refractivity contribution is 6.39. The number of carboxylic acid groups (broad SMARTS) is 1. The van der Waals surface area contributed by atoms with E-state index < -0.39 is 17.9 Å². The molecule has 0 saturated heterocycles. The van der Waals surface area contributed by atoms with Gasteiger partial charge in [0.25, 0.3) is 5.91 Å². The third-order valence-electron chi connectivity index (χ3n) is 3.05. The molecule has 2 amide bonds. The fourth-order valence-corrected chi connectivity index (χ4v) is 1.93. The third kappa shape index (κ3) is 4.13. The van der Waals surface area contributed by atoms with Crippen molar-refractivity contribution in [3.63, 3.8) is 0 Å². The average molecular weight is 289 g/mol. The molecule has 0 fully saturated rings. The zero-order valence-electron chi connectivity index (χ0n) is 11.2. The number of rotatable bonds is 5. The highest BCUT2D eigenvalue weighted by Crippen LogP contribution is 2.05. The van der Waals surface area contributed by atoms with Gasteiger partial charge in [-0.3, -0.25) is 9.59 Å². The molecule has 0 aromatic heterocycles. The van der Waals surface area contributed by atoms with Crippen LogP contribution in [-0.2, 0) is 20.8 Å². The number of nitrogens with one attached hydrogen (secondary N) is 2. The molecule has 7 nitrogen and oxygen atoms in total. The smallest absolute Gasteiger partial charge is 0.326 e. The Morgan fingerprint density at radius 2 is 2.00 bits per heavy atom. The molecule has 0 unspecified atom stereocenters. The fraction of sp³-hybridized carbons (Fsp3) is 0.286. The molecule has 21 heavy (non-hydrogen) atoms. The van der Waals surface area contributed by atoms with Crippen LogP contribution in [0.1, 0.15) is 18.4 Å². The van der Waals surface area contributed by atoms with Gasteiger partial charge in [-0.05, 0) is 5.56 Å². The lowest BCUT2D eigenvalue weighted by atomic mass is 10.1. The van der Waals surface area contributed by atoms with Gasteiger partial charge in [-0.15, -0.1) is 0 Å².